The molecule has 3 heterocycles. The zero-order valence-electron chi connectivity index (χ0n) is 9.78. The average molecular weight is 264 g/mol. The maximum atomic E-state index is 9.47. The van der Waals surface area contributed by atoms with E-state index in [9.17, 15) is 5.11 Å². The Kier molecular flexibility index (Phi) is 2.77. The van der Waals surface area contributed by atoms with Crippen LogP contribution >= 0.6 is 11.3 Å². The number of nitrogens with zero attached hydrogens (tertiary/aromatic N) is 4. The highest BCUT2D eigenvalue weighted by Gasteiger charge is 2.15. The minimum atomic E-state index is -0.0862. The molecule has 94 valence electrons. The molecule has 0 amide bonds. The Balaban J connectivity index is 2.08. The van der Waals surface area contributed by atoms with E-state index in [0.717, 1.165) is 10.7 Å². The lowest BCUT2D eigenvalue weighted by Crippen LogP contribution is -2.01. The van der Waals surface area contributed by atoms with Crippen LogP contribution in [-0.2, 0) is 6.61 Å². The van der Waals surface area contributed by atoms with Crippen LogP contribution in [0, 0.1) is 0 Å². The first-order valence-corrected chi connectivity index (χ1v) is 6.44. The Morgan fingerprint density at radius 1 is 1.50 bits per heavy atom. The fraction of sp³-hybridized carbons (Fsp3) is 0.273. The van der Waals surface area contributed by atoms with Gasteiger partial charge in [-0.05, 0) is 6.92 Å². The fourth-order valence-electron chi connectivity index (χ4n) is 1.81. The van der Waals surface area contributed by atoms with Crippen LogP contribution in [-0.4, -0.2) is 30.9 Å². The van der Waals surface area contributed by atoms with Gasteiger partial charge in [-0.3, -0.25) is 4.40 Å². The van der Waals surface area contributed by atoms with Crippen LogP contribution in [0.4, 0.5) is 0 Å². The molecule has 7 heteroatoms. The topological polar surface area (TPSA) is 64.6 Å². The molecule has 3 aromatic rings. The highest BCUT2D eigenvalue weighted by atomic mass is 32.1. The van der Waals surface area contributed by atoms with Crippen LogP contribution in [0.1, 0.15) is 12.6 Å². The van der Waals surface area contributed by atoms with Gasteiger partial charge in [-0.1, -0.05) is 0 Å². The highest BCUT2D eigenvalue weighted by Crippen LogP contribution is 2.21. The normalized spacial score (nSPS) is 11.2. The molecule has 0 radical (unpaired) electrons. The van der Waals surface area contributed by atoms with Gasteiger partial charge in [-0.25, -0.2) is 4.68 Å². The van der Waals surface area contributed by atoms with E-state index < -0.39 is 0 Å². The summed E-state index contributed by atoms with van der Waals surface area (Å²) in [4.78, 5) is 5.29. The lowest BCUT2D eigenvalue weighted by Gasteiger charge is -2.00. The Morgan fingerprint density at radius 3 is 3.17 bits per heavy atom. The van der Waals surface area contributed by atoms with Crippen LogP contribution in [0.3, 0.4) is 0 Å². The molecule has 0 saturated heterocycles. The Hall–Kier alpha value is -1.86. The second-order valence-corrected chi connectivity index (χ2v) is 4.52. The number of aliphatic hydroxyl groups excluding tert-OH is 1. The molecule has 0 fully saturated rings. The maximum absolute atomic E-state index is 9.47. The van der Waals surface area contributed by atoms with E-state index in [1.165, 1.54) is 11.3 Å². The van der Waals surface area contributed by atoms with Gasteiger partial charge in [0.1, 0.15) is 0 Å². The molecule has 1 N–H and O–H groups in total. The van der Waals surface area contributed by atoms with Crippen molar-refractivity contribution in [1.82, 2.24) is 19.2 Å². The molecule has 3 rings (SSSR count). The van der Waals surface area contributed by atoms with Crippen molar-refractivity contribution < 1.29 is 9.84 Å². The smallest absolute Gasteiger partial charge is 0.196 e. The predicted molar refractivity (Wildman–Crippen MR) is 67.3 cm³/mol. The zero-order chi connectivity index (χ0) is 12.5. The highest BCUT2D eigenvalue weighted by molar-refractivity contribution is 7.15. The van der Waals surface area contributed by atoms with Crippen LogP contribution in [0.25, 0.3) is 10.8 Å². The molecule has 0 bridgehead atoms. The molecule has 0 spiro atoms. The first kappa shape index (κ1) is 11.2. The fourth-order valence-corrected chi connectivity index (χ4v) is 2.54. The number of imidazole rings is 1. The van der Waals surface area contributed by atoms with Gasteiger partial charge in [0.2, 0.25) is 0 Å². The summed E-state index contributed by atoms with van der Waals surface area (Å²) in [5, 5.41) is 15.6. The molecule has 0 unspecified atom stereocenters. The van der Waals surface area contributed by atoms with Gasteiger partial charge in [-0.2, -0.15) is 10.1 Å². The average Bonchev–Trinajstić information content (AvgIpc) is 3.01. The molecule has 0 atom stereocenters. The van der Waals surface area contributed by atoms with Gasteiger partial charge in [0.15, 0.2) is 16.5 Å². The second-order valence-electron chi connectivity index (χ2n) is 3.65. The van der Waals surface area contributed by atoms with E-state index in [4.69, 9.17) is 4.74 Å². The first-order valence-electron chi connectivity index (χ1n) is 5.56. The molecule has 6 nitrogen and oxygen atoms in total. The summed E-state index contributed by atoms with van der Waals surface area (Å²) in [6.45, 7) is 2.43. The van der Waals surface area contributed by atoms with Crippen molar-refractivity contribution in [2.24, 2.45) is 0 Å². The number of ether oxygens (including phenoxy) is 1. The summed E-state index contributed by atoms with van der Waals surface area (Å²) in [6, 6.07) is 0. The van der Waals surface area contributed by atoms with Gasteiger partial charge in [0, 0.05) is 11.6 Å². The SMILES string of the molecule is CCOc1cnn(-c2nc3sccn3c2CO)c1. The summed E-state index contributed by atoms with van der Waals surface area (Å²) >= 11 is 1.52. The summed E-state index contributed by atoms with van der Waals surface area (Å²) in [6.07, 6.45) is 5.28. The quantitative estimate of drug-likeness (QED) is 0.775. The number of thiazole rings is 1. The van der Waals surface area contributed by atoms with Gasteiger partial charge >= 0.3 is 0 Å². The van der Waals surface area contributed by atoms with Gasteiger partial charge in [-0.15, -0.1) is 11.3 Å². The molecule has 0 aromatic carbocycles. The lowest BCUT2D eigenvalue weighted by molar-refractivity contribution is 0.275. The van der Waals surface area contributed by atoms with E-state index in [-0.39, 0.29) is 6.61 Å². The van der Waals surface area contributed by atoms with Crippen molar-refractivity contribution in [3.63, 3.8) is 0 Å². The Labute approximate surface area is 107 Å². The van der Waals surface area contributed by atoms with Crippen molar-refractivity contribution in [3.8, 4) is 11.6 Å². The monoisotopic (exact) mass is 264 g/mol. The lowest BCUT2D eigenvalue weighted by atomic mass is 10.4. The zero-order valence-corrected chi connectivity index (χ0v) is 10.6. The molecule has 0 saturated carbocycles. The molecular formula is C11H12N4O2S. The van der Waals surface area contributed by atoms with Gasteiger partial charge < -0.3 is 9.84 Å². The molecule has 18 heavy (non-hydrogen) atoms. The predicted octanol–water partition coefficient (Wildman–Crippen LogP) is 1.47. The van der Waals surface area contributed by atoms with Crippen molar-refractivity contribution >= 4 is 16.3 Å². The molecular weight excluding hydrogens is 252 g/mol. The largest absolute Gasteiger partial charge is 0.491 e. The van der Waals surface area contributed by atoms with Crippen molar-refractivity contribution in [2.45, 2.75) is 13.5 Å². The molecule has 0 aliphatic rings. The first-order chi connectivity index (χ1) is 8.83. The number of fused-ring (bicyclic) bond motifs is 1. The summed E-state index contributed by atoms with van der Waals surface area (Å²) in [7, 11) is 0. The molecule has 3 aromatic heterocycles. The second kappa shape index (κ2) is 4.43. The third-order valence-corrected chi connectivity index (χ3v) is 3.33. The van der Waals surface area contributed by atoms with Gasteiger partial charge in [0.05, 0.1) is 31.3 Å². The Bertz CT molecular complexity index is 669. The van der Waals surface area contributed by atoms with Crippen LogP contribution in [0.5, 0.6) is 5.75 Å². The minimum absolute atomic E-state index is 0.0862. The van der Waals surface area contributed by atoms with Crippen LogP contribution < -0.4 is 4.74 Å². The summed E-state index contributed by atoms with van der Waals surface area (Å²) < 4.78 is 8.84. The van der Waals surface area contributed by atoms with E-state index in [2.05, 4.69) is 10.1 Å². The van der Waals surface area contributed by atoms with E-state index in [0.29, 0.717) is 18.2 Å². The number of aromatic nitrogens is 4. The van der Waals surface area contributed by atoms with E-state index in [1.54, 1.807) is 17.1 Å². The van der Waals surface area contributed by atoms with E-state index >= 15 is 0 Å². The van der Waals surface area contributed by atoms with Crippen molar-refractivity contribution in [2.75, 3.05) is 6.61 Å². The summed E-state index contributed by atoms with van der Waals surface area (Å²) in [5.41, 5.74) is 0.720. The standard InChI is InChI=1S/C11H12N4O2S/c1-2-17-8-5-12-15(6-8)10-9(7-16)14-3-4-18-11(14)13-10/h3-6,16H,2,7H2,1H3. The molecule has 0 aliphatic carbocycles. The molecule has 0 aliphatic heterocycles. The van der Waals surface area contributed by atoms with Crippen molar-refractivity contribution in [3.05, 3.63) is 29.7 Å². The number of aliphatic hydroxyl groups is 1. The van der Waals surface area contributed by atoms with E-state index in [1.807, 2.05) is 22.9 Å². The third-order valence-electron chi connectivity index (χ3n) is 2.58. The number of hydrogen-bond acceptors (Lipinski definition) is 5. The van der Waals surface area contributed by atoms with Gasteiger partial charge in [0.25, 0.3) is 0 Å². The minimum Gasteiger partial charge on any atom is -0.491 e. The maximum Gasteiger partial charge on any atom is 0.196 e. The summed E-state index contributed by atoms with van der Waals surface area (Å²) in [5.74, 6) is 1.33. The third kappa shape index (κ3) is 1.68. The number of hydrogen-bond donors (Lipinski definition) is 1. The Morgan fingerprint density at radius 2 is 2.39 bits per heavy atom. The van der Waals surface area contributed by atoms with Crippen LogP contribution in [0.2, 0.25) is 0 Å². The van der Waals surface area contributed by atoms with Crippen molar-refractivity contribution in [1.29, 1.82) is 0 Å². The van der Waals surface area contributed by atoms with Crippen LogP contribution in [0.15, 0.2) is 24.0 Å². The number of rotatable bonds is 4.